The van der Waals surface area contributed by atoms with Crippen molar-refractivity contribution in [1.82, 2.24) is 9.97 Å². The van der Waals surface area contributed by atoms with Crippen molar-refractivity contribution in [3.63, 3.8) is 0 Å². The van der Waals surface area contributed by atoms with Crippen molar-refractivity contribution in [3.8, 4) is 0 Å². The molecule has 1 saturated heterocycles. The fourth-order valence-corrected chi connectivity index (χ4v) is 4.66. The van der Waals surface area contributed by atoms with Crippen LogP contribution in [0.1, 0.15) is 42.3 Å². The second kappa shape index (κ2) is 5.59. The second-order valence-electron chi connectivity index (χ2n) is 4.31. The van der Waals surface area contributed by atoms with Crippen LogP contribution in [-0.2, 0) is 0 Å². The van der Waals surface area contributed by atoms with Crippen molar-refractivity contribution in [1.29, 1.82) is 0 Å². The molecule has 1 N–H and O–H groups in total. The maximum Gasteiger partial charge on any atom is 0.142 e. The summed E-state index contributed by atoms with van der Waals surface area (Å²) < 4.78 is 0. The minimum Gasteiger partial charge on any atom is -0.389 e. The lowest BCUT2D eigenvalue weighted by Crippen LogP contribution is -2.19. The Labute approximate surface area is 111 Å². The molecule has 17 heavy (non-hydrogen) atoms. The van der Waals surface area contributed by atoms with Gasteiger partial charge in [0.2, 0.25) is 0 Å². The van der Waals surface area contributed by atoms with E-state index in [9.17, 15) is 5.11 Å². The van der Waals surface area contributed by atoms with Crippen LogP contribution in [0.15, 0.2) is 6.20 Å². The fraction of sp³-hybridized carbons (Fsp3) is 0.667. The second-order valence-corrected chi connectivity index (χ2v) is 7.05. The van der Waals surface area contributed by atoms with Crippen LogP contribution in [0.2, 0.25) is 0 Å². The number of hydrogen-bond acceptors (Lipinski definition) is 5. The Morgan fingerprint density at radius 1 is 1.41 bits per heavy atom. The molecule has 0 spiro atoms. The molecule has 1 aromatic rings. The predicted molar refractivity (Wildman–Crippen MR) is 74.5 cm³/mol. The van der Waals surface area contributed by atoms with Gasteiger partial charge in [0.1, 0.15) is 5.82 Å². The van der Waals surface area contributed by atoms with E-state index in [0.717, 1.165) is 17.1 Å². The molecule has 3 unspecified atom stereocenters. The van der Waals surface area contributed by atoms with Gasteiger partial charge < -0.3 is 5.11 Å². The van der Waals surface area contributed by atoms with Gasteiger partial charge in [-0.1, -0.05) is 6.92 Å². The molecule has 1 aliphatic rings. The van der Waals surface area contributed by atoms with Crippen molar-refractivity contribution in [2.24, 2.45) is 0 Å². The van der Waals surface area contributed by atoms with E-state index in [1.807, 2.05) is 30.4 Å². The molecular formula is C12H18N2OS2. The van der Waals surface area contributed by atoms with Gasteiger partial charge in [-0.15, -0.1) is 11.8 Å². The van der Waals surface area contributed by atoms with Gasteiger partial charge in [0.25, 0.3) is 0 Å². The first-order valence-corrected chi connectivity index (χ1v) is 7.94. The Hall–Kier alpha value is -0.260. The van der Waals surface area contributed by atoms with Crippen molar-refractivity contribution < 1.29 is 5.11 Å². The van der Waals surface area contributed by atoms with Crippen molar-refractivity contribution in [2.45, 2.75) is 37.4 Å². The highest BCUT2D eigenvalue weighted by molar-refractivity contribution is 8.06. The number of hydrogen-bond donors (Lipinski definition) is 1. The summed E-state index contributed by atoms with van der Waals surface area (Å²) in [6, 6.07) is 0. The van der Waals surface area contributed by atoms with E-state index in [-0.39, 0.29) is 0 Å². The lowest BCUT2D eigenvalue weighted by atomic mass is 10.1. The van der Waals surface area contributed by atoms with E-state index in [2.05, 4.69) is 16.9 Å². The van der Waals surface area contributed by atoms with Gasteiger partial charge in [0.05, 0.1) is 11.4 Å². The van der Waals surface area contributed by atoms with Crippen LogP contribution in [-0.4, -0.2) is 31.8 Å². The first kappa shape index (κ1) is 13.2. The number of nitrogens with zero attached hydrogens (tertiary/aromatic N) is 2. The summed E-state index contributed by atoms with van der Waals surface area (Å²) in [5, 5.41) is 10.5. The van der Waals surface area contributed by atoms with Gasteiger partial charge in [0.15, 0.2) is 0 Å². The lowest BCUT2D eigenvalue weighted by molar-refractivity contribution is 0.197. The molecule has 5 heteroatoms. The molecule has 2 rings (SSSR count). The summed E-state index contributed by atoms with van der Waals surface area (Å²) in [6.07, 6.45) is 1.28. The van der Waals surface area contributed by atoms with E-state index in [1.165, 1.54) is 11.5 Å². The van der Waals surface area contributed by atoms with Gasteiger partial charge >= 0.3 is 0 Å². The Morgan fingerprint density at radius 2 is 2.12 bits per heavy atom. The van der Waals surface area contributed by atoms with Crippen LogP contribution < -0.4 is 0 Å². The minimum absolute atomic E-state index is 0.385. The molecule has 94 valence electrons. The summed E-state index contributed by atoms with van der Waals surface area (Å²) >= 11 is 3.93. The molecule has 1 aliphatic heterocycles. The minimum atomic E-state index is -0.491. The van der Waals surface area contributed by atoms with Crippen LogP contribution in [0.25, 0.3) is 0 Å². The number of aliphatic hydroxyl groups excluding tert-OH is 1. The van der Waals surface area contributed by atoms with E-state index in [1.54, 1.807) is 13.1 Å². The standard InChI is InChI=1S/C12H18N2OS2/c1-7-10(8(2)15)6-13-12(14-7)11-9(3)16-4-5-17-11/h6,8-9,11,15H,4-5H2,1-3H3. The van der Waals surface area contributed by atoms with Crippen LogP contribution >= 0.6 is 23.5 Å². The average Bonchev–Trinajstić information content (AvgIpc) is 2.29. The summed E-state index contributed by atoms with van der Waals surface area (Å²) in [4.78, 5) is 8.99. The average molecular weight is 270 g/mol. The summed E-state index contributed by atoms with van der Waals surface area (Å²) in [7, 11) is 0. The lowest BCUT2D eigenvalue weighted by Gasteiger charge is -2.27. The normalized spacial score (nSPS) is 26.8. The maximum atomic E-state index is 9.57. The number of aliphatic hydroxyl groups is 1. The molecule has 3 atom stereocenters. The molecule has 0 aromatic carbocycles. The fourth-order valence-electron chi connectivity index (χ4n) is 1.96. The third-order valence-corrected chi connectivity index (χ3v) is 6.01. The van der Waals surface area contributed by atoms with Crippen LogP contribution in [0, 0.1) is 6.92 Å². The van der Waals surface area contributed by atoms with Gasteiger partial charge in [0, 0.05) is 34.2 Å². The summed E-state index contributed by atoms with van der Waals surface area (Å²) in [5.41, 5.74) is 1.73. The quantitative estimate of drug-likeness (QED) is 0.895. The monoisotopic (exact) mass is 270 g/mol. The SMILES string of the molecule is Cc1nc(C2SCCSC2C)ncc1C(C)O. The zero-order valence-electron chi connectivity index (χ0n) is 10.4. The third-order valence-electron chi connectivity index (χ3n) is 2.93. The van der Waals surface area contributed by atoms with E-state index >= 15 is 0 Å². The van der Waals surface area contributed by atoms with E-state index in [4.69, 9.17) is 0 Å². The van der Waals surface area contributed by atoms with Crippen LogP contribution in [0.4, 0.5) is 0 Å². The molecule has 0 amide bonds. The smallest absolute Gasteiger partial charge is 0.142 e. The predicted octanol–water partition coefficient (Wildman–Crippen LogP) is 2.75. The van der Waals surface area contributed by atoms with Gasteiger partial charge in [-0.3, -0.25) is 0 Å². The summed E-state index contributed by atoms with van der Waals surface area (Å²) in [6.45, 7) is 5.93. The van der Waals surface area contributed by atoms with Crippen molar-refractivity contribution >= 4 is 23.5 Å². The van der Waals surface area contributed by atoms with Crippen LogP contribution in [0.5, 0.6) is 0 Å². The van der Waals surface area contributed by atoms with Crippen LogP contribution in [0.3, 0.4) is 0 Å². The highest BCUT2D eigenvalue weighted by Gasteiger charge is 2.26. The molecule has 0 radical (unpaired) electrons. The van der Waals surface area contributed by atoms with E-state index in [0.29, 0.717) is 10.5 Å². The van der Waals surface area contributed by atoms with Gasteiger partial charge in [-0.25, -0.2) is 9.97 Å². The Kier molecular flexibility index (Phi) is 4.33. The Balaban J connectivity index is 2.24. The molecule has 0 aliphatic carbocycles. The molecule has 1 aromatic heterocycles. The van der Waals surface area contributed by atoms with Crippen molar-refractivity contribution in [2.75, 3.05) is 11.5 Å². The zero-order chi connectivity index (χ0) is 12.4. The largest absolute Gasteiger partial charge is 0.389 e. The Bertz CT molecular complexity index is 398. The Morgan fingerprint density at radius 3 is 2.71 bits per heavy atom. The van der Waals surface area contributed by atoms with Crippen molar-refractivity contribution in [3.05, 3.63) is 23.3 Å². The third kappa shape index (κ3) is 2.95. The number of aromatic nitrogens is 2. The molecule has 1 fully saturated rings. The highest BCUT2D eigenvalue weighted by Crippen LogP contribution is 2.41. The molecule has 3 nitrogen and oxygen atoms in total. The molecule has 2 heterocycles. The number of rotatable bonds is 2. The van der Waals surface area contributed by atoms with E-state index < -0.39 is 6.10 Å². The molecule has 0 bridgehead atoms. The first-order chi connectivity index (χ1) is 8.09. The topological polar surface area (TPSA) is 46.0 Å². The number of thioether (sulfide) groups is 2. The number of aryl methyl sites for hydroxylation is 1. The maximum absolute atomic E-state index is 9.57. The molecule has 0 saturated carbocycles. The van der Waals surface area contributed by atoms with Gasteiger partial charge in [-0.05, 0) is 13.8 Å². The first-order valence-electron chi connectivity index (χ1n) is 5.84. The molecular weight excluding hydrogens is 252 g/mol. The highest BCUT2D eigenvalue weighted by atomic mass is 32.2. The van der Waals surface area contributed by atoms with Gasteiger partial charge in [-0.2, -0.15) is 11.8 Å². The summed E-state index contributed by atoms with van der Waals surface area (Å²) in [5.74, 6) is 3.30. The zero-order valence-corrected chi connectivity index (χ0v) is 12.0.